The SMILES string of the molecule is CC(C)(C)O[SiH3].CCCN([Si](C)(C)C)[Si](C)(C)C. The van der Waals surface area contributed by atoms with Gasteiger partial charge in [0, 0.05) is 5.60 Å². The van der Waals surface area contributed by atoms with Crippen LogP contribution in [-0.4, -0.2) is 43.3 Å². The van der Waals surface area contributed by atoms with Crippen molar-refractivity contribution >= 4 is 27.0 Å². The summed E-state index contributed by atoms with van der Waals surface area (Å²) in [7, 11) is -1.25. The highest BCUT2D eigenvalue weighted by molar-refractivity contribution is 6.89. The molecule has 0 bridgehead atoms. The first-order chi connectivity index (χ1) is 7.75. The molecule has 0 saturated heterocycles. The second-order valence-corrected chi connectivity index (χ2v) is 18.4. The lowest BCUT2D eigenvalue weighted by atomic mass is 10.2. The van der Waals surface area contributed by atoms with Crippen LogP contribution < -0.4 is 0 Å². The van der Waals surface area contributed by atoms with Gasteiger partial charge in [-0.3, -0.25) is 0 Å². The Balaban J connectivity index is 0. The molecular weight excluding hydrogens is 270 g/mol. The van der Waals surface area contributed by atoms with Crippen LogP contribution in [0.25, 0.3) is 0 Å². The maximum absolute atomic E-state index is 5.08. The molecule has 0 atom stereocenters. The Bertz CT molecular complexity index is 200. The molecule has 0 aromatic carbocycles. The molecule has 0 radical (unpaired) electrons. The van der Waals surface area contributed by atoms with Crippen LogP contribution in [0.3, 0.4) is 0 Å². The molecule has 18 heavy (non-hydrogen) atoms. The lowest BCUT2D eigenvalue weighted by Gasteiger charge is -2.43. The molecule has 2 nitrogen and oxygen atoms in total. The fraction of sp³-hybridized carbons (Fsp3) is 1.00. The fourth-order valence-electron chi connectivity index (χ4n) is 1.90. The summed E-state index contributed by atoms with van der Waals surface area (Å²) in [6.07, 6.45) is 1.30. The van der Waals surface area contributed by atoms with E-state index in [-0.39, 0.29) is 5.60 Å². The molecule has 5 heteroatoms. The Kier molecular flexibility index (Phi) is 9.27. The van der Waals surface area contributed by atoms with Crippen LogP contribution in [0.1, 0.15) is 34.1 Å². The zero-order valence-corrected chi connectivity index (χ0v) is 18.8. The minimum Gasteiger partial charge on any atom is -0.423 e. The first kappa shape index (κ1) is 20.9. The highest BCUT2D eigenvalue weighted by Gasteiger charge is 2.33. The summed E-state index contributed by atoms with van der Waals surface area (Å²) in [5.74, 6) is 0. The van der Waals surface area contributed by atoms with Crippen LogP contribution >= 0.6 is 0 Å². The van der Waals surface area contributed by atoms with Gasteiger partial charge >= 0.3 is 0 Å². The molecule has 0 heterocycles. The van der Waals surface area contributed by atoms with E-state index in [4.69, 9.17) is 4.43 Å². The third-order valence-electron chi connectivity index (χ3n) is 2.68. The van der Waals surface area contributed by atoms with Gasteiger partial charge in [0.25, 0.3) is 0 Å². The van der Waals surface area contributed by atoms with Crippen molar-refractivity contribution in [3.05, 3.63) is 0 Å². The van der Waals surface area contributed by atoms with Crippen LogP contribution in [0.4, 0.5) is 0 Å². The van der Waals surface area contributed by atoms with Crippen LogP contribution in [-0.2, 0) is 4.43 Å². The van der Waals surface area contributed by atoms with Crippen molar-refractivity contribution < 1.29 is 4.43 Å². The molecule has 0 spiro atoms. The summed E-state index contributed by atoms with van der Waals surface area (Å²) < 4.78 is 7.91. The maximum atomic E-state index is 5.08. The average molecular weight is 308 g/mol. The number of hydrogen-bond acceptors (Lipinski definition) is 2. The minimum absolute atomic E-state index is 0.103. The topological polar surface area (TPSA) is 12.5 Å². The minimum atomic E-state index is -1.05. The van der Waals surface area contributed by atoms with Gasteiger partial charge in [-0.2, -0.15) is 0 Å². The molecule has 0 amide bonds. The quantitative estimate of drug-likeness (QED) is 0.738. The van der Waals surface area contributed by atoms with Crippen molar-refractivity contribution in [3.63, 3.8) is 0 Å². The van der Waals surface area contributed by atoms with Crippen LogP contribution in [0.5, 0.6) is 0 Å². The van der Waals surface area contributed by atoms with Gasteiger partial charge in [-0.25, -0.2) is 0 Å². The van der Waals surface area contributed by atoms with E-state index in [1.165, 1.54) is 13.0 Å². The molecule has 0 aliphatic carbocycles. The highest BCUT2D eigenvalue weighted by atomic mass is 28.4. The third-order valence-corrected chi connectivity index (χ3v) is 11.6. The molecule has 0 aliphatic heterocycles. The zero-order valence-electron chi connectivity index (χ0n) is 14.8. The summed E-state index contributed by atoms with van der Waals surface area (Å²) in [5, 5.41) is 0. The predicted octanol–water partition coefficient (Wildman–Crippen LogP) is 3.45. The van der Waals surface area contributed by atoms with Crippen molar-refractivity contribution in [2.24, 2.45) is 0 Å². The normalized spacial score (nSPS) is 13.5. The van der Waals surface area contributed by atoms with Gasteiger partial charge in [-0.05, 0) is 33.7 Å². The van der Waals surface area contributed by atoms with E-state index in [1.807, 2.05) is 0 Å². The molecule has 0 N–H and O–H groups in total. The first-order valence-corrected chi connectivity index (χ1v) is 14.8. The van der Waals surface area contributed by atoms with Crippen molar-refractivity contribution in [1.82, 2.24) is 4.23 Å². The summed E-state index contributed by atoms with van der Waals surface area (Å²) in [5.41, 5.74) is 0.103. The Labute approximate surface area is 121 Å². The standard InChI is InChI=1S/C9H25NSi2.C4H12OSi/c1-8-9-10(11(2,3)4)12(5,6)7;1-4(2,3)5-6/h8-9H2,1-7H3;1-3,6H3. The van der Waals surface area contributed by atoms with E-state index in [9.17, 15) is 0 Å². The second kappa shape index (κ2) is 7.99. The van der Waals surface area contributed by atoms with Crippen molar-refractivity contribution in [1.29, 1.82) is 0 Å². The van der Waals surface area contributed by atoms with Gasteiger partial charge in [-0.15, -0.1) is 0 Å². The molecule has 0 aromatic rings. The van der Waals surface area contributed by atoms with Gasteiger partial charge in [0.1, 0.15) is 27.0 Å². The van der Waals surface area contributed by atoms with Crippen LogP contribution in [0.2, 0.25) is 39.3 Å². The number of nitrogens with zero attached hydrogens (tertiary/aromatic N) is 1. The Morgan fingerprint density at radius 1 is 0.944 bits per heavy atom. The van der Waals surface area contributed by atoms with Gasteiger partial charge in [0.05, 0.1) is 0 Å². The maximum Gasteiger partial charge on any atom is 0.146 e. The van der Waals surface area contributed by atoms with Gasteiger partial charge < -0.3 is 8.66 Å². The third kappa shape index (κ3) is 11.6. The molecule has 0 aliphatic rings. The number of hydrogen-bond donors (Lipinski definition) is 0. The van der Waals surface area contributed by atoms with Gasteiger partial charge in [0.2, 0.25) is 0 Å². The smallest absolute Gasteiger partial charge is 0.146 e. The molecule has 0 saturated carbocycles. The highest BCUT2D eigenvalue weighted by Crippen LogP contribution is 2.19. The van der Waals surface area contributed by atoms with Crippen molar-refractivity contribution in [2.45, 2.75) is 79.0 Å². The monoisotopic (exact) mass is 307 g/mol. The molecular formula is C13H37NOSi3. The Morgan fingerprint density at radius 2 is 1.22 bits per heavy atom. The van der Waals surface area contributed by atoms with Crippen molar-refractivity contribution in [3.8, 4) is 0 Å². The second-order valence-electron chi connectivity index (χ2n) is 7.81. The molecule has 0 aromatic heterocycles. The fourth-order valence-corrected chi connectivity index (χ4v) is 11.7. The summed E-state index contributed by atoms with van der Waals surface area (Å²) in [6, 6.07) is 0. The lowest BCUT2D eigenvalue weighted by molar-refractivity contribution is 0.147. The molecule has 0 fully saturated rings. The first-order valence-electron chi connectivity index (χ1n) is 7.08. The predicted molar refractivity (Wildman–Crippen MR) is 94.5 cm³/mol. The van der Waals surface area contributed by atoms with Crippen LogP contribution in [0.15, 0.2) is 0 Å². The Hall–Kier alpha value is 0.571. The summed E-state index contributed by atoms with van der Waals surface area (Å²) in [4.78, 5) is 0. The summed E-state index contributed by atoms with van der Waals surface area (Å²) >= 11 is 0. The van der Waals surface area contributed by atoms with Crippen LogP contribution in [0, 0.1) is 0 Å². The average Bonchev–Trinajstić information content (AvgIpc) is 2.10. The largest absolute Gasteiger partial charge is 0.423 e. The molecule has 0 unspecified atom stereocenters. The van der Waals surface area contributed by atoms with E-state index >= 15 is 0 Å². The van der Waals surface area contributed by atoms with Gasteiger partial charge in [-0.1, -0.05) is 46.2 Å². The van der Waals surface area contributed by atoms with E-state index in [0.717, 1.165) is 10.5 Å². The van der Waals surface area contributed by atoms with Gasteiger partial charge in [0.15, 0.2) is 0 Å². The van der Waals surface area contributed by atoms with E-state index in [1.54, 1.807) is 0 Å². The van der Waals surface area contributed by atoms with E-state index in [0.29, 0.717) is 0 Å². The Morgan fingerprint density at radius 3 is 1.28 bits per heavy atom. The molecule has 112 valence electrons. The zero-order chi connectivity index (χ0) is 15.2. The summed E-state index contributed by atoms with van der Waals surface area (Å²) in [6.45, 7) is 24.5. The molecule has 0 rings (SSSR count). The van der Waals surface area contributed by atoms with Crippen molar-refractivity contribution in [2.75, 3.05) is 6.54 Å². The lowest BCUT2D eigenvalue weighted by Crippen LogP contribution is -2.59. The van der Waals surface area contributed by atoms with E-state index in [2.05, 4.69) is 71.2 Å². The van der Waals surface area contributed by atoms with E-state index < -0.39 is 16.5 Å². The number of rotatable bonds is 4.